The Bertz CT molecular complexity index is 1140. The molecule has 0 aliphatic carbocycles. The number of hydrogen-bond donors (Lipinski definition) is 1. The van der Waals surface area contributed by atoms with Crippen LogP contribution in [-0.2, 0) is 9.59 Å². The predicted molar refractivity (Wildman–Crippen MR) is 106 cm³/mol. The van der Waals surface area contributed by atoms with Gasteiger partial charge >= 0.3 is 0 Å². The van der Waals surface area contributed by atoms with Crippen LogP contribution in [0.4, 0.5) is 24.7 Å². The molecular formula is C18H11F2N5O2S2. The van der Waals surface area contributed by atoms with Gasteiger partial charge in [0.15, 0.2) is 10.3 Å². The Hall–Kier alpha value is -3.49. The third-order valence-electron chi connectivity index (χ3n) is 3.48. The summed E-state index contributed by atoms with van der Waals surface area (Å²) in [7, 11) is 0. The highest BCUT2D eigenvalue weighted by molar-refractivity contribution is 7.14. The van der Waals surface area contributed by atoms with Crippen LogP contribution in [0.1, 0.15) is 12.6 Å². The maximum absolute atomic E-state index is 14.1. The molecule has 0 bridgehead atoms. The summed E-state index contributed by atoms with van der Waals surface area (Å²) in [5, 5.41) is 15.4. The molecule has 0 aliphatic heterocycles. The lowest BCUT2D eigenvalue weighted by Gasteiger charge is -2.18. The van der Waals surface area contributed by atoms with Crippen LogP contribution in [0.5, 0.6) is 0 Å². The standard InChI is InChI=1S/C18H11F2N5O2S2/c1-10(26)25(15-3-2-12(19)7-14(15)20)18-23-13(9-29-18)6-11(8-21)16(27)24-17-22-4-5-28-17/h2-7,9H,1H3,(H,22,24,27)/b11-6+. The number of aromatic nitrogens is 2. The first-order chi connectivity index (χ1) is 13.9. The Morgan fingerprint density at radius 3 is 2.72 bits per heavy atom. The molecule has 3 rings (SSSR count). The molecule has 0 radical (unpaired) electrons. The minimum Gasteiger partial charge on any atom is -0.297 e. The molecule has 0 spiro atoms. The summed E-state index contributed by atoms with van der Waals surface area (Å²) in [6, 6.07) is 4.60. The topological polar surface area (TPSA) is 99.0 Å². The minimum absolute atomic E-state index is 0.104. The molecule has 2 heterocycles. The van der Waals surface area contributed by atoms with Crippen LogP contribution in [0, 0.1) is 23.0 Å². The SMILES string of the molecule is CC(=O)N(c1nc(/C=C(\C#N)C(=O)Nc2nccs2)cs1)c1ccc(F)cc1F. The van der Waals surface area contributed by atoms with Gasteiger partial charge in [-0.2, -0.15) is 5.26 Å². The number of thiazole rings is 2. The molecule has 2 amide bonds. The number of amides is 2. The number of nitriles is 1. The molecule has 29 heavy (non-hydrogen) atoms. The van der Waals surface area contributed by atoms with Crippen LogP contribution in [0.15, 0.2) is 40.7 Å². The fraction of sp³-hybridized carbons (Fsp3) is 0.0556. The highest BCUT2D eigenvalue weighted by Crippen LogP contribution is 2.31. The van der Waals surface area contributed by atoms with Crippen LogP contribution in [0.2, 0.25) is 0 Å². The maximum atomic E-state index is 14.1. The maximum Gasteiger partial charge on any atom is 0.268 e. The van der Waals surface area contributed by atoms with Gasteiger partial charge in [0.25, 0.3) is 5.91 Å². The molecule has 0 atom stereocenters. The van der Waals surface area contributed by atoms with E-state index in [4.69, 9.17) is 0 Å². The van der Waals surface area contributed by atoms with Crippen molar-refractivity contribution in [1.82, 2.24) is 9.97 Å². The fourth-order valence-corrected chi connectivity index (χ4v) is 3.62. The molecule has 7 nitrogen and oxygen atoms in total. The van der Waals surface area contributed by atoms with Crippen molar-refractivity contribution >= 4 is 56.5 Å². The molecule has 0 unspecified atom stereocenters. The second kappa shape index (κ2) is 8.68. The summed E-state index contributed by atoms with van der Waals surface area (Å²) in [5.74, 6) is -2.90. The third-order valence-corrected chi connectivity index (χ3v) is 5.01. The second-order valence-corrected chi connectivity index (χ2v) is 7.20. The zero-order chi connectivity index (χ0) is 21.0. The summed E-state index contributed by atoms with van der Waals surface area (Å²) in [4.78, 5) is 33.3. The fourth-order valence-electron chi connectivity index (χ4n) is 2.26. The van der Waals surface area contributed by atoms with E-state index in [0.29, 0.717) is 11.2 Å². The Balaban J connectivity index is 1.89. The Morgan fingerprint density at radius 1 is 1.31 bits per heavy atom. The van der Waals surface area contributed by atoms with Crippen molar-refractivity contribution in [1.29, 1.82) is 5.26 Å². The van der Waals surface area contributed by atoms with Gasteiger partial charge < -0.3 is 0 Å². The highest BCUT2D eigenvalue weighted by atomic mass is 32.1. The van der Waals surface area contributed by atoms with Gasteiger partial charge in [-0.15, -0.1) is 22.7 Å². The minimum atomic E-state index is -0.923. The van der Waals surface area contributed by atoms with Crippen molar-refractivity contribution in [2.24, 2.45) is 0 Å². The number of halogens is 2. The van der Waals surface area contributed by atoms with Gasteiger partial charge in [0, 0.05) is 29.9 Å². The van der Waals surface area contributed by atoms with Crippen LogP contribution < -0.4 is 10.2 Å². The lowest BCUT2D eigenvalue weighted by Crippen LogP contribution is -2.23. The van der Waals surface area contributed by atoms with Crippen LogP contribution >= 0.6 is 22.7 Å². The average molecular weight is 431 g/mol. The Morgan fingerprint density at radius 2 is 2.10 bits per heavy atom. The first kappa shape index (κ1) is 20.2. The van der Waals surface area contributed by atoms with E-state index in [0.717, 1.165) is 28.4 Å². The van der Waals surface area contributed by atoms with E-state index in [1.807, 2.05) is 0 Å². The second-order valence-electron chi connectivity index (χ2n) is 5.47. The number of rotatable bonds is 5. The monoisotopic (exact) mass is 431 g/mol. The lowest BCUT2D eigenvalue weighted by atomic mass is 10.2. The van der Waals surface area contributed by atoms with E-state index >= 15 is 0 Å². The average Bonchev–Trinajstić information content (AvgIpc) is 3.33. The number of carbonyl (C=O) groups excluding carboxylic acids is 2. The molecule has 2 aromatic heterocycles. The van der Waals surface area contributed by atoms with Gasteiger partial charge in [-0.25, -0.2) is 18.7 Å². The normalized spacial score (nSPS) is 11.0. The number of nitrogens with one attached hydrogen (secondary N) is 1. The predicted octanol–water partition coefficient (Wildman–Crippen LogP) is 4.11. The van der Waals surface area contributed by atoms with Gasteiger partial charge in [0.05, 0.1) is 11.4 Å². The molecular weight excluding hydrogens is 420 g/mol. The van der Waals surface area contributed by atoms with Gasteiger partial charge in [-0.3, -0.25) is 19.8 Å². The van der Waals surface area contributed by atoms with E-state index in [2.05, 4.69) is 15.3 Å². The molecule has 0 fully saturated rings. The van der Waals surface area contributed by atoms with Crippen LogP contribution in [-0.4, -0.2) is 21.8 Å². The van der Waals surface area contributed by atoms with Crippen molar-refractivity contribution in [3.05, 3.63) is 58.1 Å². The molecule has 0 aliphatic rings. The first-order valence-electron chi connectivity index (χ1n) is 7.93. The largest absolute Gasteiger partial charge is 0.297 e. The van der Waals surface area contributed by atoms with E-state index < -0.39 is 23.4 Å². The summed E-state index contributed by atoms with van der Waals surface area (Å²) in [5.41, 5.74) is -0.158. The summed E-state index contributed by atoms with van der Waals surface area (Å²) in [6.07, 6.45) is 2.75. The van der Waals surface area contributed by atoms with Gasteiger partial charge in [-0.1, -0.05) is 0 Å². The number of nitrogens with zero attached hydrogens (tertiary/aromatic N) is 4. The smallest absolute Gasteiger partial charge is 0.268 e. The van der Waals surface area contributed by atoms with Crippen molar-refractivity contribution < 1.29 is 18.4 Å². The Kier molecular flexibility index (Phi) is 6.06. The molecule has 0 saturated heterocycles. The van der Waals surface area contributed by atoms with E-state index in [1.165, 1.54) is 35.9 Å². The quantitative estimate of drug-likeness (QED) is 0.484. The van der Waals surface area contributed by atoms with Crippen molar-refractivity contribution in [3.63, 3.8) is 0 Å². The molecule has 1 aromatic carbocycles. The van der Waals surface area contributed by atoms with Gasteiger partial charge in [0.1, 0.15) is 23.3 Å². The zero-order valence-electron chi connectivity index (χ0n) is 14.7. The summed E-state index contributed by atoms with van der Waals surface area (Å²) >= 11 is 2.20. The van der Waals surface area contributed by atoms with Crippen molar-refractivity contribution in [2.75, 3.05) is 10.2 Å². The molecule has 146 valence electrons. The number of anilines is 3. The summed E-state index contributed by atoms with van der Waals surface area (Å²) in [6.45, 7) is 1.21. The van der Waals surface area contributed by atoms with Crippen LogP contribution in [0.25, 0.3) is 6.08 Å². The number of carbonyl (C=O) groups is 2. The van der Waals surface area contributed by atoms with Crippen LogP contribution in [0.3, 0.4) is 0 Å². The third kappa shape index (κ3) is 4.68. The van der Waals surface area contributed by atoms with Gasteiger partial charge in [0.2, 0.25) is 5.91 Å². The number of hydrogen-bond acceptors (Lipinski definition) is 7. The zero-order valence-corrected chi connectivity index (χ0v) is 16.4. The number of benzene rings is 1. The van der Waals surface area contributed by atoms with Crippen molar-refractivity contribution in [2.45, 2.75) is 6.92 Å². The van der Waals surface area contributed by atoms with Crippen molar-refractivity contribution in [3.8, 4) is 6.07 Å². The van der Waals surface area contributed by atoms with E-state index in [1.54, 1.807) is 11.4 Å². The van der Waals surface area contributed by atoms with E-state index in [-0.39, 0.29) is 22.1 Å². The van der Waals surface area contributed by atoms with E-state index in [9.17, 15) is 23.6 Å². The molecule has 3 aromatic rings. The van der Waals surface area contributed by atoms with Gasteiger partial charge in [-0.05, 0) is 18.2 Å². The highest BCUT2D eigenvalue weighted by Gasteiger charge is 2.22. The molecule has 0 saturated carbocycles. The lowest BCUT2D eigenvalue weighted by molar-refractivity contribution is -0.116. The first-order valence-corrected chi connectivity index (χ1v) is 9.69. The Labute approximate surface area is 171 Å². The molecule has 11 heteroatoms. The molecule has 1 N–H and O–H groups in total. The summed E-state index contributed by atoms with van der Waals surface area (Å²) < 4.78 is 27.3.